The Kier molecular flexibility index (Phi) is 8.96. The largest absolute Gasteiger partial charge is 0.300 e. The van der Waals surface area contributed by atoms with Crippen LogP contribution < -0.4 is 5.56 Å². The fourth-order valence-corrected chi connectivity index (χ4v) is 5.94. The van der Waals surface area contributed by atoms with E-state index in [9.17, 15) is 9.18 Å². The maximum absolute atomic E-state index is 13.9. The van der Waals surface area contributed by atoms with Gasteiger partial charge in [-0.25, -0.2) is 9.07 Å². The third-order valence-corrected chi connectivity index (χ3v) is 8.64. The molecule has 2 aromatic carbocycles. The van der Waals surface area contributed by atoms with Crippen molar-refractivity contribution < 1.29 is 4.39 Å². The summed E-state index contributed by atoms with van der Waals surface area (Å²) in [6.45, 7) is 5.90. The van der Waals surface area contributed by atoms with Crippen LogP contribution in [0.4, 0.5) is 4.39 Å². The van der Waals surface area contributed by atoms with Crippen molar-refractivity contribution in [3.05, 3.63) is 107 Å². The lowest BCUT2D eigenvalue weighted by Gasteiger charge is -2.14. The van der Waals surface area contributed by atoms with Crippen LogP contribution in [-0.4, -0.2) is 29.1 Å². The van der Waals surface area contributed by atoms with E-state index in [0.29, 0.717) is 24.3 Å². The van der Waals surface area contributed by atoms with Crippen molar-refractivity contribution in [1.82, 2.24) is 29.1 Å². The molecule has 6 aromatic rings. The average Bonchev–Trinajstić information content (AvgIpc) is 3.69. The first kappa shape index (κ1) is 29.5. The first-order valence-corrected chi connectivity index (χ1v) is 15.8. The van der Waals surface area contributed by atoms with Crippen LogP contribution in [0, 0.1) is 11.7 Å². The summed E-state index contributed by atoms with van der Waals surface area (Å²) in [6.07, 6.45) is 16.0. The number of rotatable bonds is 13. The smallest absolute Gasteiger partial charge is 0.266 e. The molecule has 1 unspecified atom stereocenters. The number of benzene rings is 2. The molecule has 0 aliphatic rings. The number of hydrogen-bond donors (Lipinski definition) is 0. The Balaban J connectivity index is 1.15. The van der Waals surface area contributed by atoms with Gasteiger partial charge in [0.15, 0.2) is 5.82 Å². The van der Waals surface area contributed by atoms with Crippen molar-refractivity contribution in [2.75, 3.05) is 0 Å². The second-order valence-corrected chi connectivity index (χ2v) is 11.7. The molecule has 0 aliphatic heterocycles. The molecule has 0 saturated heterocycles. The Labute approximate surface area is 257 Å². The number of aryl methyl sites for hydroxylation is 3. The van der Waals surface area contributed by atoms with Gasteiger partial charge in [0.2, 0.25) is 0 Å². The molecule has 0 amide bonds. The van der Waals surface area contributed by atoms with Crippen molar-refractivity contribution in [1.29, 1.82) is 0 Å². The quantitative estimate of drug-likeness (QED) is 0.128. The van der Waals surface area contributed by atoms with Crippen LogP contribution in [0.1, 0.15) is 57.9 Å². The zero-order valence-corrected chi connectivity index (χ0v) is 25.5. The molecule has 7 nitrogen and oxygen atoms in total. The number of fused-ring (bicyclic) bond motifs is 2. The summed E-state index contributed by atoms with van der Waals surface area (Å²) in [5.41, 5.74) is 4.65. The van der Waals surface area contributed by atoms with Crippen molar-refractivity contribution in [3.8, 4) is 16.9 Å². The second kappa shape index (κ2) is 13.4. The van der Waals surface area contributed by atoms with E-state index in [4.69, 9.17) is 4.98 Å². The van der Waals surface area contributed by atoms with Crippen LogP contribution in [0.3, 0.4) is 0 Å². The van der Waals surface area contributed by atoms with Crippen LogP contribution in [-0.2, 0) is 19.5 Å². The molecule has 8 heteroatoms. The topological polar surface area (TPSA) is 70.5 Å². The first-order valence-electron chi connectivity index (χ1n) is 15.8. The fraction of sp³-hybridized carbons (Fsp3) is 0.333. The monoisotopic (exact) mass is 590 g/mol. The van der Waals surface area contributed by atoms with Crippen molar-refractivity contribution in [2.24, 2.45) is 5.92 Å². The minimum absolute atomic E-state index is 0.177. The third kappa shape index (κ3) is 6.64. The summed E-state index contributed by atoms with van der Waals surface area (Å²) < 4.78 is 19.2. The summed E-state index contributed by atoms with van der Waals surface area (Å²) in [7, 11) is 0. The summed E-state index contributed by atoms with van der Waals surface area (Å²) in [6, 6.07) is 18.1. The lowest BCUT2D eigenvalue weighted by molar-refractivity contribution is 0.381. The zero-order valence-electron chi connectivity index (χ0n) is 25.5. The molecule has 0 bridgehead atoms. The summed E-state index contributed by atoms with van der Waals surface area (Å²) in [5, 5.41) is 11.2. The Morgan fingerprint density at radius 1 is 0.864 bits per heavy atom. The molecular formula is C36H39FN6O. The van der Waals surface area contributed by atoms with E-state index in [-0.39, 0.29) is 11.4 Å². The number of hydrogen-bond acceptors (Lipinski definition) is 4. The molecule has 0 N–H and O–H groups in total. The summed E-state index contributed by atoms with van der Waals surface area (Å²) in [5.74, 6) is 1.01. The van der Waals surface area contributed by atoms with Gasteiger partial charge in [-0.2, -0.15) is 10.2 Å². The van der Waals surface area contributed by atoms with Gasteiger partial charge in [-0.05, 0) is 72.9 Å². The number of halogens is 1. The molecule has 1 atom stereocenters. The number of pyridine rings is 1. The molecule has 0 fully saturated rings. The minimum atomic E-state index is -0.313. The molecule has 0 aliphatic carbocycles. The fourth-order valence-electron chi connectivity index (χ4n) is 5.94. The van der Waals surface area contributed by atoms with Gasteiger partial charge < -0.3 is 0 Å². The molecule has 4 aromatic heterocycles. The lowest BCUT2D eigenvalue weighted by atomic mass is 9.95. The van der Waals surface area contributed by atoms with Gasteiger partial charge in [-0.1, -0.05) is 52.0 Å². The molecule has 0 saturated carbocycles. The van der Waals surface area contributed by atoms with Crippen LogP contribution in [0.2, 0.25) is 0 Å². The SMILES string of the molecule is CCCCCC(CC)CCn1cc(-c2cnc3ccc(CCn4nc(-n5ccc6ccc(F)cc65)ccc4=O)cc3c2)cn1. The Bertz CT molecular complexity index is 1940. The maximum atomic E-state index is 13.9. The minimum Gasteiger partial charge on any atom is -0.300 e. The van der Waals surface area contributed by atoms with E-state index < -0.39 is 0 Å². The van der Waals surface area contributed by atoms with Gasteiger partial charge in [0.05, 0.1) is 17.2 Å². The standard InChI is InChI=1S/C36H39FN6O/c1-3-5-6-7-26(4-2)14-17-41-25-31(24-39-41)30-21-29-20-27(8-11-33(29)38-23-30)15-19-43-36(44)13-12-35(40-43)42-18-16-28-9-10-32(37)22-34(28)42/h8-13,16,18,20-26H,3-7,14-15,17,19H2,1-2H3. The van der Waals surface area contributed by atoms with Gasteiger partial charge in [-0.3, -0.25) is 19.0 Å². The van der Waals surface area contributed by atoms with Gasteiger partial charge in [0.1, 0.15) is 5.82 Å². The van der Waals surface area contributed by atoms with Gasteiger partial charge in [0, 0.05) is 59.6 Å². The average molecular weight is 591 g/mol. The summed E-state index contributed by atoms with van der Waals surface area (Å²) in [4.78, 5) is 17.4. The van der Waals surface area contributed by atoms with Crippen molar-refractivity contribution in [2.45, 2.75) is 71.9 Å². The molecule has 4 heterocycles. The highest BCUT2D eigenvalue weighted by molar-refractivity contribution is 5.84. The predicted molar refractivity (Wildman–Crippen MR) is 174 cm³/mol. The second-order valence-electron chi connectivity index (χ2n) is 11.7. The predicted octanol–water partition coefficient (Wildman–Crippen LogP) is 7.98. The van der Waals surface area contributed by atoms with Crippen molar-refractivity contribution >= 4 is 21.8 Å². The highest BCUT2D eigenvalue weighted by atomic mass is 19.1. The maximum Gasteiger partial charge on any atom is 0.266 e. The molecular weight excluding hydrogens is 551 g/mol. The van der Waals surface area contributed by atoms with E-state index in [2.05, 4.69) is 53.1 Å². The van der Waals surface area contributed by atoms with Gasteiger partial charge in [-0.15, -0.1) is 0 Å². The molecule has 226 valence electrons. The van der Waals surface area contributed by atoms with E-state index >= 15 is 0 Å². The molecule has 6 rings (SSSR count). The van der Waals surface area contributed by atoms with E-state index in [1.165, 1.54) is 55.0 Å². The highest BCUT2D eigenvalue weighted by Gasteiger charge is 2.11. The van der Waals surface area contributed by atoms with E-state index in [0.717, 1.165) is 51.9 Å². The van der Waals surface area contributed by atoms with Crippen LogP contribution in [0.25, 0.3) is 38.8 Å². The number of unbranched alkanes of at least 4 members (excludes halogenated alkanes) is 2. The molecule has 44 heavy (non-hydrogen) atoms. The third-order valence-electron chi connectivity index (χ3n) is 8.64. The van der Waals surface area contributed by atoms with Crippen molar-refractivity contribution in [3.63, 3.8) is 0 Å². The Hall–Kier alpha value is -4.59. The van der Waals surface area contributed by atoms with E-state index in [1.54, 1.807) is 16.7 Å². The van der Waals surface area contributed by atoms with E-state index in [1.807, 2.05) is 30.7 Å². The zero-order chi connectivity index (χ0) is 30.5. The number of nitrogens with zero attached hydrogens (tertiary/aromatic N) is 6. The van der Waals surface area contributed by atoms with Gasteiger partial charge >= 0.3 is 0 Å². The number of aromatic nitrogens is 6. The van der Waals surface area contributed by atoms with Crippen LogP contribution >= 0.6 is 0 Å². The Morgan fingerprint density at radius 2 is 1.77 bits per heavy atom. The van der Waals surface area contributed by atoms with Crippen LogP contribution in [0.5, 0.6) is 0 Å². The molecule has 0 radical (unpaired) electrons. The van der Waals surface area contributed by atoms with Crippen LogP contribution in [0.15, 0.2) is 90.2 Å². The summed E-state index contributed by atoms with van der Waals surface area (Å²) >= 11 is 0. The van der Waals surface area contributed by atoms with Gasteiger partial charge in [0.25, 0.3) is 5.56 Å². The molecule has 0 spiro atoms. The highest BCUT2D eigenvalue weighted by Crippen LogP contribution is 2.25. The lowest BCUT2D eigenvalue weighted by Crippen LogP contribution is -2.24. The normalized spacial score (nSPS) is 12.3. The Morgan fingerprint density at radius 3 is 2.64 bits per heavy atom. The first-order chi connectivity index (χ1) is 21.5.